The van der Waals surface area contributed by atoms with E-state index < -0.39 is 17.6 Å². The predicted molar refractivity (Wildman–Crippen MR) is 123 cm³/mol. The molecule has 0 spiro atoms. The Hall–Kier alpha value is -3.74. The minimum absolute atomic E-state index is 0.0360. The first-order chi connectivity index (χ1) is 15.9. The van der Waals surface area contributed by atoms with Crippen molar-refractivity contribution in [3.05, 3.63) is 82.4 Å². The van der Waals surface area contributed by atoms with Crippen molar-refractivity contribution in [2.75, 3.05) is 14.2 Å². The Morgan fingerprint density at radius 1 is 1.06 bits per heavy atom. The van der Waals surface area contributed by atoms with Gasteiger partial charge in [0.25, 0.3) is 0 Å². The van der Waals surface area contributed by atoms with Gasteiger partial charge in [0, 0.05) is 5.56 Å². The second kappa shape index (κ2) is 9.02. The van der Waals surface area contributed by atoms with Crippen LogP contribution in [0.2, 0.25) is 0 Å². The maximum Gasteiger partial charge on any atom is 0.341 e. The molecule has 4 rings (SSSR count). The monoisotopic (exact) mass is 450 g/mol. The van der Waals surface area contributed by atoms with Crippen molar-refractivity contribution in [1.82, 2.24) is 9.78 Å². The number of fused-ring (bicyclic) bond motifs is 1. The second-order valence-electron chi connectivity index (χ2n) is 7.73. The Morgan fingerprint density at radius 2 is 1.82 bits per heavy atom. The molecule has 4 aromatic rings. The van der Waals surface area contributed by atoms with Crippen LogP contribution in [-0.2, 0) is 17.7 Å². The predicted octanol–water partition coefficient (Wildman–Crippen LogP) is 5.70. The molecule has 170 valence electrons. The van der Waals surface area contributed by atoms with Gasteiger partial charge in [-0.3, -0.25) is 4.68 Å². The number of benzene rings is 3. The summed E-state index contributed by atoms with van der Waals surface area (Å²) < 4.78 is 41.9. The zero-order valence-corrected chi connectivity index (χ0v) is 18.9. The lowest BCUT2D eigenvalue weighted by Crippen LogP contribution is -2.07. The highest BCUT2D eigenvalue weighted by Gasteiger charge is 2.23. The molecule has 0 aliphatic rings. The van der Waals surface area contributed by atoms with E-state index >= 15 is 8.78 Å². The molecule has 0 amide bonds. The number of aryl methyl sites for hydroxylation is 2. The van der Waals surface area contributed by atoms with Gasteiger partial charge in [0.1, 0.15) is 28.6 Å². The number of halogens is 2. The van der Waals surface area contributed by atoms with Gasteiger partial charge in [0.2, 0.25) is 0 Å². The van der Waals surface area contributed by atoms with Gasteiger partial charge in [0.05, 0.1) is 31.7 Å². The van der Waals surface area contributed by atoms with E-state index in [9.17, 15) is 4.79 Å². The number of hydrogen-bond donors (Lipinski definition) is 0. The molecule has 0 fully saturated rings. The van der Waals surface area contributed by atoms with Crippen LogP contribution in [-0.4, -0.2) is 30.0 Å². The minimum Gasteiger partial charge on any atom is -0.496 e. The van der Waals surface area contributed by atoms with E-state index in [0.717, 1.165) is 23.6 Å². The van der Waals surface area contributed by atoms with E-state index in [1.807, 2.05) is 19.1 Å². The van der Waals surface area contributed by atoms with Crippen molar-refractivity contribution in [3.63, 3.8) is 0 Å². The molecule has 1 heterocycles. The summed E-state index contributed by atoms with van der Waals surface area (Å²) in [6, 6.07) is 13.2. The summed E-state index contributed by atoms with van der Waals surface area (Å²) in [6.07, 6.45) is 0.845. The number of hydrogen-bond acceptors (Lipinski definition) is 4. The Labute approximate surface area is 190 Å². The van der Waals surface area contributed by atoms with E-state index in [2.05, 4.69) is 18.1 Å². The third-order valence-corrected chi connectivity index (χ3v) is 5.87. The molecule has 7 heteroatoms. The van der Waals surface area contributed by atoms with E-state index in [0.29, 0.717) is 12.1 Å². The Balaban J connectivity index is 1.94. The average Bonchev–Trinajstić information content (AvgIpc) is 3.19. The molecule has 0 saturated heterocycles. The topological polar surface area (TPSA) is 53.4 Å². The average molecular weight is 450 g/mol. The molecule has 0 aliphatic heterocycles. The van der Waals surface area contributed by atoms with E-state index in [1.54, 1.807) is 16.8 Å². The highest BCUT2D eigenvalue weighted by atomic mass is 19.1. The zero-order valence-electron chi connectivity index (χ0n) is 18.9. The Bertz CT molecular complexity index is 1360. The van der Waals surface area contributed by atoms with Gasteiger partial charge in [-0.15, -0.1) is 0 Å². The van der Waals surface area contributed by atoms with E-state index in [4.69, 9.17) is 9.47 Å². The van der Waals surface area contributed by atoms with Crippen LogP contribution < -0.4 is 4.74 Å². The van der Waals surface area contributed by atoms with Crippen LogP contribution in [0.4, 0.5) is 8.78 Å². The second-order valence-corrected chi connectivity index (χ2v) is 7.73. The van der Waals surface area contributed by atoms with Crippen molar-refractivity contribution in [2.45, 2.75) is 26.8 Å². The number of methoxy groups -OCH3 is 2. The fourth-order valence-corrected chi connectivity index (χ4v) is 4.14. The summed E-state index contributed by atoms with van der Waals surface area (Å²) in [5, 5.41) is 4.83. The van der Waals surface area contributed by atoms with Crippen LogP contribution in [0.5, 0.6) is 5.75 Å². The van der Waals surface area contributed by atoms with Crippen LogP contribution >= 0.6 is 0 Å². The molecule has 33 heavy (non-hydrogen) atoms. The van der Waals surface area contributed by atoms with Crippen molar-refractivity contribution in [3.8, 4) is 17.0 Å². The largest absolute Gasteiger partial charge is 0.496 e. The molecule has 0 saturated carbocycles. The number of esters is 1. The van der Waals surface area contributed by atoms with Crippen LogP contribution in [0, 0.1) is 18.6 Å². The molecule has 0 radical (unpaired) electrons. The maximum absolute atomic E-state index is 15.2. The van der Waals surface area contributed by atoms with Gasteiger partial charge < -0.3 is 9.47 Å². The first-order valence-corrected chi connectivity index (χ1v) is 10.6. The molecule has 0 atom stereocenters. The molecular weight excluding hydrogens is 426 g/mol. The summed E-state index contributed by atoms with van der Waals surface area (Å²) in [4.78, 5) is 12.0. The lowest BCUT2D eigenvalue weighted by atomic mass is 10.00. The normalized spacial score (nSPS) is 11.1. The third-order valence-electron chi connectivity index (χ3n) is 5.87. The van der Waals surface area contributed by atoms with Crippen molar-refractivity contribution in [2.24, 2.45) is 0 Å². The highest BCUT2D eigenvalue weighted by Crippen LogP contribution is 2.36. The number of nitrogens with zero attached hydrogens (tertiary/aromatic N) is 2. The van der Waals surface area contributed by atoms with Gasteiger partial charge in [-0.05, 0) is 54.3 Å². The molecule has 3 aromatic carbocycles. The van der Waals surface area contributed by atoms with Crippen LogP contribution in [0.25, 0.3) is 22.2 Å². The standard InChI is InChI=1S/C26H24F2N2O3/c1-5-16-9-6-8-15(2)19(16)14-30-22-11-7-10-20(27)24(22)25(29-30)17-13-23(32-3)18(12-21(17)28)26(31)33-4/h6-13H,5,14H2,1-4H3. The lowest BCUT2D eigenvalue weighted by Gasteiger charge is -2.12. The summed E-state index contributed by atoms with van der Waals surface area (Å²) >= 11 is 0. The number of carbonyl (C=O) groups excluding carboxylic acids is 1. The van der Waals surface area contributed by atoms with Crippen molar-refractivity contribution in [1.29, 1.82) is 0 Å². The van der Waals surface area contributed by atoms with Gasteiger partial charge >= 0.3 is 5.97 Å². The molecular formula is C26H24F2N2O3. The van der Waals surface area contributed by atoms with Crippen LogP contribution in [0.3, 0.4) is 0 Å². The van der Waals surface area contributed by atoms with Gasteiger partial charge in [0.15, 0.2) is 0 Å². The van der Waals surface area contributed by atoms with Crippen molar-refractivity contribution >= 4 is 16.9 Å². The number of ether oxygens (including phenoxy) is 2. The molecule has 5 nitrogen and oxygen atoms in total. The fourth-order valence-electron chi connectivity index (χ4n) is 4.14. The maximum atomic E-state index is 15.2. The summed E-state index contributed by atoms with van der Waals surface area (Å²) in [7, 11) is 2.57. The molecule has 0 unspecified atom stereocenters. The smallest absolute Gasteiger partial charge is 0.341 e. The molecule has 0 N–H and O–H groups in total. The highest BCUT2D eigenvalue weighted by molar-refractivity contribution is 5.97. The first kappa shape index (κ1) is 22.5. The van der Waals surface area contributed by atoms with Crippen LogP contribution in [0.15, 0.2) is 48.5 Å². The van der Waals surface area contributed by atoms with Gasteiger partial charge in [-0.1, -0.05) is 31.2 Å². The number of carbonyl (C=O) groups is 1. The third kappa shape index (κ3) is 3.95. The van der Waals surface area contributed by atoms with Gasteiger partial charge in [-0.25, -0.2) is 13.6 Å². The molecule has 1 aromatic heterocycles. The minimum atomic E-state index is -0.731. The molecule has 0 aliphatic carbocycles. The Kier molecular flexibility index (Phi) is 6.14. The first-order valence-electron chi connectivity index (χ1n) is 10.6. The fraction of sp³-hybridized carbons (Fsp3) is 0.231. The summed E-state index contributed by atoms with van der Waals surface area (Å²) in [5.74, 6) is -1.85. The van der Waals surface area contributed by atoms with Gasteiger partial charge in [-0.2, -0.15) is 5.10 Å². The zero-order chi connectivity index (χ0) is 23.7. The summed E-state index contributed by atoms with van der Waals surface area (Å²) in [6.45, 7) is 4.52. The van der Waals surface area contributed by atoms with E-state index in [-0.39, 0.29) is 28.0 Å². The number of rotatable bonds is 6. The van der Waals surface area contributed by atoms with Crippen LogP contribution in [0.1, 0.15) is 34.0 Å². The van der Waals surface area contributed by atoms with Crippen molar-refractivity contribution < 1.29 is 23.0 Å². The lowest BCUT2D eigenvalue weighted by molar-refractivity contribution is 0.0596. The quantitative estimate of drug-likeness (QED) is 0.354. The number of aromatic nitrogens is 2. The summed E-state index contributed by atoms with van der Waals surface area (Å²) in [5.41, 5.74) is 4.04. The Morgan fingerprint density at radius 3 is 2.52 bits per heavy atom. The SMILES string of the molecule is CCc1cccc(C)c1Cn1nc(-c2cc(OC)c(C(=O)OC)cc2F)c2c(F)cccc21. The molecule has 0 bridgehead atoms. The van der Waals surface area contributed by atoms with E-state index in [1.165, 1.54) is 31.9 Å².